The molecular weight excluding hydrogens is 425 g/mol. The number of rotatable bonds is 10. The molecule has 1 aliphatic rings. The second kappa shape index (κ2) is 11.9. The lowest BCUT2D eigenvalue weighted by atomic mass is 9.72. The minimum Gasteiger partial charge on any atom is -0.367 e. The summed E-state index contributed by atoms with van der Waals surface area (Å²) in [6.45, 7) is 11.1. The first-order valence-electron chi connectivity index (χ1n) is 11.0. The Morgan fingerprint density at radius 1 is 1.19 bits per heavy atom. The van der Waals surface area contributed by atoms with Gasteiger partial charge in [0, 0.05) is 6.08 Å². The number of quaternary nitrogens is 1. The normalized spacial score (nSPS) is 20.2. The van der Waals surface area contributed by atoms with Crippen molar-refractivity contribution < 1.29 is 27.8 Å². The molecule has 1 aliphatic carbocycles. The largest absolute Gasteiger partial charge is 0.530 e. The number of hydrogen-bond acceptors (Lipinski definition) is 4. The smallest absolute Gasteiger partial charge is 0.367 e. The fourth-order valence-electron chi connectivity index (χ4n) is 3.46. The fourth-order valence-corrected chi connectivity index (χ4v) is 4.11. The van der Waals surface area contributed by atoms with Crippen molar-refractivity contribution in [3.05, 3.63) is 58.7 Å². The molecule has 7 heteroatoms. The molecule has 0 heterocycles. The Hall–Kier alpha value is -1.72. The van der Waals surface area contributed by atoms with E-state index in [-0.39, 0.29) is 12.0 Å². The number of likely N-dealkylation sites (N-methyl/N-ethyl adjacent to an activating group) is 1. The van der Waals surface area contributed by atoms with Crippen LogP contribution >= 0.6 is 7.82 Å². The maximum atomic E-state index is 11.9. The minimum absolute atomic E-state index is 0.0123. The molecule has 0 saturated heterocycles. The van der Waals surface area contributed by atoms with E-state index in [4.69, 9.17) is 4.52 Å². The Kier molecular flexibility index (Phi) is 10.6. The van der Waals surface area contributed by atoms with Crippen molar-refractivity contribution in [2.45, 2.75) is 53.9 Å². The van der Waals surface area contributed by atoms with Crippen LogP contribution in [0.5, 0.6) is 0 Å². The van der Waals surface area contributed by atoms with Gasteiger partial charge in [-0.3, -0.25) is 9.42 Å². The van der Waals surface area contributed by atoms with Crippen LogP contribution in [0.25, 0.3) is 0 Å². The zero-order chi connectivity index (χ0) is 24.6. The van der Waals surface area contributed by atoms with Crippen molar-refractivity contribution in [3.63, 3.8) is 0 Å². The van der Waals surface area contributed by atoms with E-state index in [0.29, 0.717) is 16.6 Å². The van der Waals surface area contributed by atoms with Crippen molar-refractivity contribution >= 4 is 13.8 Å². The topological polar surface area (TPSA) is 72.8 Å². The number of phosphoric ester groups is 1. The van der Waals surface area contributed by atoms with Gasteiger partial charge < -0.3 is 9.01 Å². The van der Waals surface area contributed by atoms with E-state index >= 15 is 0 Å². The molecule has 1 unspecified atom stereocenters. The van der Waals surface area contributed by atoms with Gasteiger partial charge in [0.25, 0.3) is 0 Å². The highest BCUT2D eigenvalue weighted by atomic mass is 31.2. The summed E-state index contributed by atoms with van der Waals surface area (Å²) in [4.78, 5) is 21.6. The summed E-state index contributed by atoms with van der Waals surface area (Å²) >= 11 is 0. The highest BCUT2D eigenvalue weighted by Crippen LogP contribution is 2.43. The van der Waals surface area contributed by atoms with Gasteiger partial charge in [0.2, 0.25) is 0 Å². The van der Waals surface area contributed by atoms with Gasteiger partial charge in [-0.2, -0.15) is 0 Å². The number of allylic oxidation sites excluding steroid dienone is 9. The maximum absolute atomic E-state index is 11.9. The van der Waals surface area contributed by atoms with Crippen LogP contribution in [-0.2, 0) is 18.4 Å². The van der Waals surface area contributed by atoms with E-state index in [1.165, 1.54) is 30.1 Å². The number of hydrogen-bond donors (Lipinski definition) is 1. The molecule has 0 amide bonds. The Morgan fingerprint density at radius 3 is 2.44 bits per heavy atom. The first-order chi connectivity index (χ1) is 14.6. The highest BCUT2D eigenvalue weighted by Gasteiger charge is 2.27. The lowest BCUT2D eigenvalue weighted by molar-refractivity contribution is -0.870. The van der Waals surface area contributed by atoms with Gasteiger partial charge in [-0.15, -0.1) is 0 Å². The van der Waals surface area contributed by atoms with E-state index in [0.717, 1.165) is 12.0 Å². The molecule has 0 aliphatic heterocycles. The number of phosphoric acid groups is 1. The summed E-state index contributed by atoms with van der Waals surface area (Å²) in [6.07, 6.45) is 14.6. The van der Waals surface area contributed by atoms with Gasteiger partial charge in [-0.1, -0.05) is 55.4 Å². The fraction of sp³-hybridized carbons (Fsp3) is 0.560. The van der Waals surface area contributed by atoms with Crippen LogP contribution in [0.1, 0.15) is 53.9 Å². The number of carbonyl (C=O) groups excluding carboxylic acids is 1. The SMILES string of the molecule is CC1=C(/C=C/C(C)=C/C=C/C(C)=C/C(=O)OP(=O)(O)OCC[N+](C)(C)C)C(C)(C)CCC1. The molecule has 1 N–H and O–H groups in total. The standard InChI is InChI=1S/C25H40NO5P/c1-20(14-15-23-22(3)13-10-16-25(23,4)5)11-9-12-21(2)19-24(27)31-32(28,29)30-18-17-26(6,7)8/h9,11-12,14-15,19H,10,13,16-18H2,1-8H3/p+1/b12-9+,15-14+,20-11+,21-19+. The van der Waals surface area contributed by atoms with Crippen LogP contribution in [0.15, 0.2) is 58.7 Å². The average molecular weight is 467 g/mol. The first-order valence-corrected chi connectivity index (χ1v) is 12.5. The monoisotopic (exact) mass is 466 g/mol. The lowest BCUT2D eigenvalue weighted by Crippen LogP contribution is -2.37. The summed E-state index contributed by atoms with van der Waals surface area (Å²) in [5, 5.41) is 0. The van der Waals surface area contributed by atoms with Gasteiger partial charge in [0.05, 0.1) is 21.1 Å². The minimum atomic E-state index is -4.42. The molecule has 0 aromatic heterocycles. The third-order valence-electron chi connectivity index (χ3n) is 5.34. The zero-order valence-corrected chi connectivity index (χ0v) is 21.9. The highest BCUT2D eigenvalue weighted by molar-refractivity contribution is 7.48. The molecule has 0 fully saturated rings. The molecule has 32 heavy (non-hydrogen) atoms. The van der Waals surface area contributed by atoms with E-state index < -0.39 is 13.8 Å². The van der Waals surface area contributed by atoms with Gasteiger partial charge in [0.15, 0.2) is 0 Å². The predicted octanol–water partition coefficient (Wildman–Crippen LogP) is 5.88. The average Bonchev–Trinajstić information content (AvgIpc) is 2.58. The van der Waals surface area contributed by atoms with Crippen molar-refractivity contribution in [2.24, 2.45) is 5.41 Å². The quantitative estimate of drug-likeness (QED) is 0.188. The molecule has 6 nitrogen and oxygen atoms in total. The third-order valence-corrected chi connectivity index (χ3v) is 6.26. The van der Waals surface area contributed by atoms with Crippen molar-refractivity contribution in [3.8, 4) is 0 Å². The van der Waals surface area contributed by atoms with E-state index in [1.807, 2.05) is 40.2 Å². The molecule has 0 radical (unpaired) electrons. The van der Waals surface area contributed by atoms with Crippen LogP contribution < -0.4 is 0 Å². The van der Waals surface area contributed by atoms with E-state index in [2.05, 4.69) is 37.4 Å². The van der Waals surface area contributed by atoms with Crippen LogP contribution in [0.4, 0.5) is 0 Å². The van der Waals surface area contributed by atoms with E-state index in [9.17, 15) is 14.3 Å². The van der Waals surface area contributed by atoms with E-state index in [1.54, 1.807) is 13.0 Å². The van der Waals surface area contributed by atoms with Gasteiger partial charge in [0.1, 0.15) is 13.2 Å². The summed E-state index contributed by atoms with van der Waals surface area (Å²) in [7, 11) is 1.36. The van der Waals surface area contributed by atoms with Crippen LogP contribution in [0.3, 0.4) is 0 Å². The molecule has 1 atom stereocenters. The van der Waals surface area contributed by atoms with Gasteiger partial charge in [-0.25, -0.2) is 9.36 Å². The first kappa shape index (κ1) is 28.3. The van der Waals surface area contributed by atoms with Crippen molar-refractivity contribution in [1.82, 2.24) is 0 Å². The lowest BCUT2D eigenvalue weighted by Gasteiger charge is -2.32. The second-order valence-electron chi connectivity index (χ2n) is 10.1. The molecule has 0 aromatic rings. The summed E-state index contributed by atoms with van der Waals surface area (Å²) < 4.78 is 21.9. The molecule has 1 rings (SSSR count). The molecule has 0 bridgehead atoms. The molecule has 0 saturated carbocycles. The Morgan fingerprint density at radius 2 is 1.84 bits per heavy atom. The summed E-state index contributed by atoms with van der Waals surface area (Å²) in [5.41, 5.74) is 4.76. The van der Waals surface area contributed by atoms with Gasteiger partial charge in [-0.05, 0) is 56.6 Å². The number of carbonyl (C=O) groups is 1. The summed E-state index contributed by atoms with van der Waals surface area (Å²) in [5.74, 6) is -0.911. The summed E-state index contributed by atoms with van der Waals surface area (Å²) in [6, 6.07) is 0. The molecule has 0 aromatic carbocycles. The van der Waals surface area contributed by atoms with Crippen LogP contribution in [0.2, 0.25) is 0 Å². The zero-order valence-electron chi connectivity index (χ0n) is 21.0. The van der Waals surface area contributed by atoms with Crippen LogP contribution in [0, 0.1) is 5.41 Å². The Bertz CT molecular complexity index is 869. The third kappa shape index (κ3) is 11.2. The van der Waals surface area contributed by atoms with Crippen molar-refractivity contribution in [2.75, 3.05) is 34.3 Å². The Balaban J connectivity index is 2.65. The predicted molar refractivity (Wildman–Crippen MR) is 131 cm³/mol. The van der Waals surface area contributed by atoms with Gasteiger partial charge >= 0.3 is 13.8 Å². The maximum Gasteiger partial charge on any atom is 0.530 e. The van der Waals surface area contributed by atoms with Crippen molar-refractivity contribution in [1.29, 1.82) is 0 Å². The number of nitrogens with zero attached hydrogens (tertiary/aromatic N) is 1. The molecule has 0 spiro atoms. The second-order valence-corrected chi connectivity index (χ2v) is 11.5. The molecular formula is C25H41NO5P+. The Labute approximate surface area is 194 Å². The van der Waals surface area contributed by atoms with Crippen LogP contribution in [-0.4, -0.2) is 49.6 Å². The molecule has 180 valence electrons.